The fourth-order valence-corrected chi connectivity index (χ4v) is 2.23. The smallest absolute Gasteiger partial charge is 0.319 e. The number of aromatic nitrogens is 2. The predicted octanol–water partition coefficient (Wildman–Crippen LogP) is 1.69. The standard InChI is InChI=1S/C13H16N4O2S/c1-2-10-8-12(18)17(9-15-10)6-5-14-13(19)16-11-4-3-7-20-11/h3-4,7-9H,2,5-6H2,1H3,(H2,14,16,19). The number of amides is 2. The fraction of sp³-hybridized carbons (Fsp3) is 0.308. The first-order valence-electron chi connectivity index (χ1n) is 6.32. The Morgan fingerprint density at radius 3 is 3.00 bits per heavy atom. The van der Waals surface area contributed by atoms with Crippen molar-refractivity contribution in [3.05, 3.63) is 46.0 Å². The minimum atomic E-state index is -0.279. The van der Waals surface area contributed by atoms with E-state index < -0.39 is 0 Å². The molecule has 0 saturated heterocycles. The van der Waals surface area contributed by atoms with E-state index in [1.165, 1.54) is 28.3 Å². The molecule has 0 radical (unpaired) electrons. The lowest BCUT2D eigenvalue weighted by Gasteiger charge is -2.08. The van der Waals surface area contributed by atoms with E-state index in [0.29, 0.717) is 13.1 Å². The number of nitrogens with one attached hydrogen (secondary N) is 2. The van der Waals surface area contributed by atoms with Crippen LogP contribution in [0.2, 0.25) is 0 Å². The third-order valence-corrected chi connectivity index (χ3v) is 3.48. The van der Waals surface area contributed by atoms with Gasteiger partial charge in [0, 0.05) is 24.8 Å². The van der Waals surface area contributed by atoms with Crippen LogP contribution in [0.15, 0.2) is 34.7 Å². The summed E-state index contributed by atoms with van der Waals surface area (Å²) in [7, 11) is 0. The summed E-state index contributed by atoms with van der Waals surface area (Å²) >= 11 is 1.45. The summed E-state index contributed by atoms with van der Waals surface area (Å²) in [6, 6.07) is 4.92. The largest absolute Gasteiger partial charge is 0.336 e. The highest BCUT2D eigenvalue weighted by atomic mass is 32.1. The van der Waals surface area contributed by atoms with Crippen molar-refractivity contribution in [3.63, 3.8) is 0 Å². The minimum Gasteiger partial charge on any atom is -0.336 e. The maximum absolute atomic E-state index is 11.7. The third-order valence-electron chi connectivity index (χ3n) is 2.69. The van der Waals surface area contributed by atoms with Crippen molar-refractivity contribution in [3.8, 4) is 0 Å². The van der Waals surface area contributed by atoms with Crippen LogP contribution in [0.5, 0.6) is 0 Å². The molecule has 106 valence electrons. The number of nitrogens with zero attached hydrogens (tertiary/aromatic N) is 2. The SMILES string of the molecule is CCc1cc(=O)n(CCNC(=O)Nc2cccs2)cn1. The molecule has 0 aliphatic heterocycles. The summed E-state index contributed by atoms with van der Waals surface area (Å²) in [5.41, 5.74) is 0.673. The Balaban J connectivity index is 1.81. The lowest BCUT2D eigenvalue weighted by molar-refractivity contribution is 0.251. The van der Waals surface area contributed by atoms with E-state index in [2.05, 4.69) is 15.6 Å². The first kappa shape index (κ1) is 14.3. The van der Waals surface area contributed by atoms with Crippen molar-refractivity contribution < 1.29 is 4.79 Å². The number of hydrogen-bond donors (Lipinski definition) is 2. The molecule has 2 aromatic rings. The molecule has 0 fully saturated rings. The van der Waals surface area contributed by atoms with Gasteiger partial charge in [0.1, 0.15) is 0 Å². The lowest BCUT2D eigenvalue weighted by atomic mass is 10.3. The molecule has 0 aromatic carbocycles. The van der Waals surface area contributed by atoms with E-state index in [1.54, 1.807) is 0 Å². The highest BCUT2D eigenvalue weighted by Crippen LogP contribution is 2.14. The molecule has 2 rings (SSSR count). The summed E-state index contributed by atoms with van der Waals surface area (Å²) in [4.78, 5) is 27.4. The van der Waals surface area contributed by atoms with Gasteiger partial charge in [-0.15, -0.1) is 11.3 Å². The molecule has 0 atom stereocenters. The first-order valence-corrected chi connectivity index (χ1v) is 7.20. The van der Waals surface area contributed by atoms with Gasteiger partial charge in [-0.2, -0.15) is 0 Å². The van der Waals surface area contributed by atoms with Gasteiger partial charge >= 0.3 is 6.03 Å². The zero-order valence-electron chi connectivity index (χ0n) is 11.1. The number of carbonyl (C=O) groups is 1. The van der Waals surface area contributed by atoms with E-state index in [4.69, 9.17) is 0 Å². The molecule has 0 unspecified atom stereocenters. The molecule has 2 amide bonds. The second-order valence-electron chi connectivity index (χ2n) is 4.12. The van der Waals surface area contributed by atoms with E-state index in [-0.39, 0.29) is 11.6 Å². The van der Waals surface area contributed by atoms with Gasteiger partial charge < -0.3 is 5.32 Å². The maximum Gasteiger partial charge on any atom is 0.319 e. The van der Waals surface area contributed by atoms with Gasteiger partial charge in [-0.1, -0.05) is 6.92 Å². The maximum atomic E-state index is 11.7. The topological polar surface area (TPSA) is 76.0 Å². The summed E-state index contributed by atoms with van der Waals surface area (Å²) in [5.74, 6) is 0. The van der Waals surface area contributed by atoms with Crippen molar-refractivity contribution in [1.29, 1.82) is 0 Å². The van der Waals surface area contributed by atoms with Crippen molar-refractivity contribution in [1.82, 2.24) is 14.9 Å². The molecule has 0 saturated carbocycles. The zero-order valence-corrected chi connectivity index (χ0v) is 11.9. The van der Waals surface area contributed by atoms with Gasteiger partial charge in [-0.25, -0.2) is 9.78 Å². The highest BCUT2D eigenvalue weighted by molar-refractivity contribution is 7.14. The molecular weight excluding hydrogens is 276 g/mol. The predicted molar refractivity (Wildman–Crippen MR) is 79.2 cm³/mol. The molecule has 2 N–H and O–H groups in total. The van der Waals surface area contributed by atoms with Crippen molar-refractivity contribution in [2.75, 3.05) is 11.9 Å². The van der Waals surface area contributed by atoms with Crippen LogP contribution in [-0.2, 0) is 13.0 Å². The van der Waals surface area contributed by atoms with E-state index in [9.17, 15) is 9.59 Å². The van der Waals surface area contributed by atoms with Gasteiger partial charge in [0.15, 0.2) is 0 Å². The van der Waals surface area contributed by atoms with Crippen molar-refractivity contribution >= 4 is 22.4 Å². The minimum absolute atomic E-state index is 0.0997. The van der Waals surface area contributed by atoms with Gasteiger partial charge in [0.05, 0.1) is 11.3 Å². The van der Waals surface area contributed by atoms with Gasteiger partial charge in [-0.3, -0.25) is 14.7 Å². The molecule has 0 bridgehead atoms. The lowest BCUT2D eigenvalue weighted by Crippen LogP contribution is -2.33. The molecule has 0 aliphatic carbocycles. The molecule has 20 heavy (non-hydrogen) atoms. The Morgan fingerprint density at radius 1 is 1.50 bits per heavy atom. The Labute approximate surface area is 120 Å². The summed E-state index contributed by atoms with van der Waals surface area (Å²) in [6.45, 7) is 2.71. The number of carbonyl (C=O) groups excluding carboxylic acids is 1. The van der Waals surface area contributed by atoms with Crippen molar-refractivity contribution in [2.45, 2.75) is 19.9 Å². The number of aryl methyl sites for hydroxylation is 1. The van der Waals surface area contributed by atoms with Crippen LogP contribution in [-0.4, -0.2) is 22.1 Å². The molecule has 6 nitrogen and oxygen atoms in total. The van der Waals surface area contributed by atoms with Crippen LogP contribution < -0.4 is 16.2 Å². The number of rotatable bonds is 5. The monoisotopic (exact) mass is 292 g/mol. The van der Waals surface area contributed by atoms with Gasteiger partial charge in [0.2, 0.25) is 0 Å². The molecule has 0 aliphatic rings. The Bertz CT molecular complexity index is 622. The van der Waals surface area contributed by atoms with E-state index in [0.717, 1.165) is 17.1 Å². The number of thiophene rings is 1. The molecule has 7 heteroatoms. The van der Waals surface area contributed by atoms with Crippen LogP contribution in [0.1, 0.15) is 12.6 Å². The molecule has 2 aromatic heterocycles. The second kappa shape index (κ2) is 6.85. The average Bonchev–Trinajstić information content (AvgIpc) is 2.93. The van der Waals surface area contributed by atoms with Gasteiger partial charge in [-0.05, 0) is 23.9 Å². The third kappa shape index (κ3) is 3.92. The van der Waals surface area contributed by atoms with Crippen molar-refractivity contribution in [2.24, 2.45) is 0 Å². The summed E-state index contributed by atoms with van der Waals surface area (Å²) in [6.07, 6.45) is 2.25. The average molecular weight is 292 g/mol. The number of hydrogen-bond acceptors (Lipinski definition) is 4. The normalized spacial score (nSPS) is 10.2. The van der Waals surface area contributed by atoms with Crippen LogP contribution in [0, 0.1) is 0 Å². The van der Waals surface area contributed by atoms with Crippen LogP contribution in [0.4, 0.5) is 9.80 Å². The van der Waals surface area contributed by atoms with E-state index in [1.807, 2.05) is 24.4 Å². The Hall–Kier alpha value is -2.15. The Kier molecular flexibility index (Phi) is 4.89. The Morgan fingerprint density at radius 2 is 2.35 bits per heavy atom. The van der Waals surface area contributed by atoms with Crippen LogP contribution in [0.25, 0.3) is 0 Å². The summed E-state index contributed by atoms with van der Waals surface area (Å²) in [5, 5.41) is 8.07. The first-order chi connectivity index (χ1) is 9.69. The quantitative estimate of drug-likeness (QED) is 0.880. The van der Waals surface area contributed by atoms with Gasteiger partial charge in [0.25, 0.3) is 5.56 Å². The molecule has 2 heterocycles. The second-order valence-corrected chi connectivity index (χ2v) is 5.07. The fourth-order valence-electron chi connectivity index (χ4n) is 1.62. The summed E-state index contributed by atoms with van der Waals surface area (Å²) < 4.78 is 1.48. The highest BCUT2D eigenvalue weighted by Gasteiger charge is 2.02. The molecule has 0 spiro atoms. The van der Waals surface area contributed by atoms with E-state index >= 15 is 0 Å². The van der Waals surface area contributed by atoms with Crippen LogP contribution in [0.3, 0.4) is 0 Å². The number of anilines is 1. The number of urea groups is 1. The molecular formula is C13H16N4O2S. The zero-order chi connectivity index (χ0) is 14.4. The van der Waals surface area contributed by atoms with Crippen LogP contribution >= 0.6 is 11.3 Å².